The van der Waals surface area contributed by atoms with Crippen LogP contribution in [0.2, 0.25) is 0 Å². The van der Waals surface area contributed by atoms with E-state index in [4.69, 9.17) is 0 Å². The summed E-state index contributed by atoms with van der Waals surface area (Å²) in [7, 11) is -3.30. The number of sulfonamides is 1. The number of thiophene rings is 1. The van der Waals surface area contributed by atoms with E-state index in [-0.39, 0.29) is 0 Å². The van der Waals surface area contributed by atoms with Crippen LogP contribution in [0.25, 0.3) is 0 Å². The van der Waals surface area contributed by atoms with Crippen LogP contribution in [0.5, 0.6) is 0 Å². The van der Waals surface area contributed by atoms with Gasteiger partial charge in [0, 0.05) is 18.4 Å². The molecule has 0 saturated carbocycles. The van der Waals surface area contributed by atoms with Gasteiger partial charge in [0.2, 0.25) is 10.0 Å². The lowest BCUT2D eigenvalue weighted by molar-refractivity contribution is 0.578. The number of H-pyrrole nitrogens is 1. The number of hydrogen-bond acceptors (Lipinski definition) is 4. The fraction of sp³-hybridized carbons (Fsp3) is 0.364. The second kappa shape index (κ2) is 6.12. The molecule has 0 aliphatic rings. The quantitative estimate of drug-likeness (QED) is 0.761. The molecule has 2 aromatic rings. The van der Waals surface area contributed by atoms with Crippen molar-refractivity contribution in [1.82, 2.24) is 14.7 Å². The van der Waals surface area contributed by atoms with Crippen LogP contribution in [0.4, 0.5) is 0 Å². The minimum atomic E-state index is -3.30. The summed E-state index contributed by atoms with van der Waals surface area (Å²) in [6.07, 6.45) is 6.06. The average Bonchev–Trinajstić information content (AvgIpc) is 3.02. The topological polar surface area (TPSA) is 74.8 Å². The largest absolute Gasteiger partial charge is 0.348 e. The molecule has 2 aromatic heterocycles. The molecule has 0 radical (unpaired) electrons. The van der Waals surface area contributed by atoms with Crippen LogP contribution in [0, 0.1) is 0 Å². The molecule has 2 N–H and O–H groups in total. The van der Waals surface area contributed by atoms with Crippen LogP contribution in [0.3, 0.4) is 0 Å². The van der Waals surface area contributed by atoms with Gasteiger partial charge >= 0.3 is 0 Å². The Morgan fingerprint density at radius 3 is 2.94 bits per heavy atom. The van der Waals surface area contributed by atoms with Crippen molar-refractivity contribution in [2.24, 2.45) is 0 Å². The van der Waals surface area contributed by atoms with Crippen molar-refractivity contribution >= 4 is 21.4 Å². The summed E-state index contributed by atoms with van der Waals surface area (Å²) in [5, 5.41) is 1.76. The first-order chi connectivity index (χ1) is 8.68. The third-order valence-electron chi connectivity index (χ3n) is 2.48. The van der Waals surface area contributed by atoms with Gasteiger partial charge < -0.3 is 4.98 Å². The molecule has 0 unspecified atom stereocenters. The van der Waals surface area contributed by atoms with Gasteiger partial charge in [0.05, 0.1) is 6.33 Å². The van der Waals surface area contributed by atoms with Crippen molar-refractivity contribution in [3.63, 3.8) is 0 Å². The third kappa shape index (κ3) is 3.66. The van der Waals surface area contributed by atoms with Gasteiger partial charge in [-0.2, -0.15) is 0 Å². The number of imidazole rings is 1. The van der Waals surface area contributed by atoms with E-state index in [1.807, 2.05) is 0 Å². The Bertz CT molecular complexity index is 547. The van der Waals surface area contributed by atoms with Gasteiger partial charge in [0.15, 0.2) is 0 Å². The molecule has 0 amide bonds. The Balaban J connectivity index is 1.69. The predicted octanol–water partition coefficient (Wildman–Crippen LogP) is 1.77. The Morgan fingerprint density at radius 1 is 1.39 bits per heavy atom. The lowest BCUT2D eigenvalue weighted by Gasteiger charge is -2.04. The van der Waals surface area contributed by atoms with E-state index >= 15 is 0 Å². The highest BCUT2D eigenvalue weighted by atomic mass is 32.2. The summed E-state index contributed by atoms with van der Waals surface area (Å²) in [5.74, 6) is 0. The van der Waals surface area contributed by atoms with Gasteiger partial charge in [-0.1, -0.05) is 6.07 Å². The first-order valence-electron chi connectivity index (χ1n) is 5.69. The molecular formula is C11H15N3O2S2. The molecule has 0 fully saturated rings. The molecule has 0 aromatic carbocycles. The van der Waals surface area contributed by atoms with Crippen LogP contribution in [-0.4, -0.2) is 24.9 Å². The number of unbranched alkanes of at least 4 members (excludes halogenated alkanes) is 1. The van der Waals surface area contributed by atoms with Crippen molar-refractivity contribution in [2.75, 3.05) is 6.54 Å². The molecule has 98 valence electrons. The zero-order valence-corrected chi connectivity index (χ0v) is 11.4. The van der Waals surface area contributed by atoms with Gasteiger partial charge in [-0.25, -0.2) is 18.1 Å². The molecule has 18 heavy (non-hydrogen) atoms. The molecule has 0 aliphatic heterocycles. The van der Waals surface area contributed by atoms with Crippen LogP contribution in [0.15, 0.2) is 34.2 Å². The highest BCUT2D eigenvalue weighted by Crippen LogP contribution is 2.15. The molecule has 0 spiro atoms. The summed E-state index contributed by atoms with van der Waals surface area (Å²) in [4.78, 5) is 6.95. The number of aryl methyl sites for hydroxylation is 1. The van der Waals surface area contributed by atoms with Gasteiger partial charge in [-0.3, -0.25) is 0 Å². The van der Waals surface area contributed by atoms with E-state index in [2.05, 4.69) is 14.7 Å². The predicted molar refractivity (Wildman–Crippen MR) is 71.0 cm³/mol. The normalized spacial score (nSPS) is 11.8. The first-order valence-corrected chi connectivity index (χ1v) is 8.05. The molecule has 2 rings (SSSR count). The first kappa shape index (κ1) is 13.3. The van der Waals surface area contributed by atoms with E-state index in [0.717, 1.165) is 25.0 Å². The summed E-state index contributed by atoms with van der Waals surface area (Å²) < 4.78 is 26.5. The van der Waals surface area contributed by atoms with Gasteiger partial charge in [0.1, 0.15) is 4.21 Å². The molecule has 0 atom stereocenters. The Morgan fingerprint density at radius 2 is 2.28 bits per heavy atom. The molecule has 7 heteroatoms. The summed E-state index contributed by atoms with van der Waals surface area (Å²) >= 11 is 1.23. The Kier molecular flexibility index (Phi) is 4.51. The monoisotopic (exact) mass is 285 g/mol. The standard InChI is InChI=1S/C11H15N3O2S2/c15-18(16,11-5-3-7-17-11)14-6-2-1-4-10-8-12-9-13-10/h3,5,7-9,14H,1-2,4,6H2,(H,12,13). The lowest BCUT2D eigenvalue weighted by Crippen LogP contribution is -2.24. The minimum Gasteiger partial charge on any atom is -0.348 e. The van der Waals surface area contributed by atoms with E-state index in [1.165, 1.54) is 11.3 Å². The Labute approximate surface area is 110 Å². The number of hydrogen-bond donors (Lipinski definition) is 2. The smallest absolute Gasteiger partial charge is 0.250 e. The fourth-order valence-electron chi connectivity index (χ4n) is 1.56. The molecule has 2 heterocycles. The number of nitrogens with one attached hydrogen (secondary N) is 2. The maximum atomic E-state index is 11.8. The fourth-order valence-corrected chi connectivity index (χ4v) is 3.67. The molecule has 5 nitrogen and oxygen atoms in total. The zero-order valence-electron chi connectivity index (χ0n) is 9.80. The number of aromatic nitrogens is 2. The van der Waals surface area contributed by atoms with Gasteiger partial charge in [0.25, 0.3) is 0 Å². The molecule has 0 bridgehead atoms. The maximum Gasteiger partial charge on any atom is 0.250 e. The Hall–Kier alpha value is -1.18. The second-order valence-electron chi connectivity index (χ2n) is 3.86. The second-order valence-corrected chi connectivity index (χ2v) is 6.81. The number of nitrogens with zero attached hydrogens (tertiary/aromatic N) is 1. The van der Waals surface area contributed by atoms with Crippen molar-refractivity contribution in [3.05, 3.63) is 35.7 Å². The van der Waals surface area contributed by atoms with Crippen molar-refractivity contribution < 1.29 is 8.42 Å². The van der Waals surface area contributed by atoms with Crippen LogP contribution in [0.1, 0.15) is 18.5 Å². The zero-order chi connectivity index (χ0) is 12.8. The van der Waals surface area contributed by atoms with E-state index < -0.39 is 10.0 Å². The van der Waals surface area contributed by atoms with Crippen LogP contribution >= 0.6 is 11.3 Å². The number of rotatable bonds is 7. The lowest BCUT2D eigenvalue weighted by atomic mass is 10.2. The van der Waals surface area contributed by atoms with Crippen molar-refractivity contribution in [2.45, 2.75) is 23.5 Å². The maximum absolute atomic E-state index is 11.8. The minimum absolute atomic E-state index is 0.371. The summed E-state index contributed by atoms with van der Waals surface area (Å²) in [6, 6.07) is 3.34. The third-order valence-corrected chi connectivity index (χ3v) is 5.34. The summed E-state index contributed by atoms with van der Waals surface area (Å²) in [5.41, 5.74) is 1.08. The van der Waals surface area contributed by atoms with E-state index in [9.17, 15) is 8.42 Å². The average molecular weight is 285 g/mol. The van der Waals surface area contributed by atoms with E-state index in [0.29, 0.717) is 10.8 Å². The highest BCUT2D eigenvalue weighted by Gasteiger charge is 2.13. The molecule has 0 saturated heterocycles. The van der Waals surface area contributed by atoms with Crippen molar-refractivity contribution in [3.8, 4) is 0 Å². The number of aromatic amines is 1. The van der Waals surface area contributed by atoms with Crippen LogP contribution < -0.4 is 4.72 Å². The van der Waals surface area contributed by atoms with Crippen molar-refractivity contribution in [1.29, 1.82) is 0 Å². The molecule has 0 aliphatic carbocycles. The van der Waals surface area contributed by atoms with Crippen LogP contribution in [-0.2, 0) is 16.4 Å². The molecular weight excluding hydrogens is 270 g/mol. The SMILES string of the molecule is O=S(=O)(NCCCCc1cnc[nH]1)c1cccs1. The van der Waals surface area contributed by atoms with E-state index in [1.54, 1.807) is 30.0 Å². The van der Waals surface area contributed by atoms with Gasteiger partial charge in [-0.05, 0) is 30.7 Å². The highest BCUT2D eigenvalue weighted by molar-refractivity contribution is 7.91. The van der Waals surface area contributed by atoms with Gasteiger partial charge in [-0.15, -0.1) is 11.3 Å². The summed E-state index contributed by atoms with van der Waals surface area (Å²) in [6.45, 7) is 0.467.